The molecule has 0 spiro atoms. The molecular formula is C30H40FN3O7S. The summed E-state index contributed by atoms with van der Waals surface area (Å²) < 4.78 is 42.2. The van der Waals surface area contributed by atoms with Crippen LogP contribution in [-0.4, -0.2) is 80.5 Å². The molecule has 12 heteroatoms. The molecule has 230 valence electrons. The average Bonchev–Trinajstić information content (AvgIpc) is 3.33. The number of esters is 1. The van der Waals surface area contributed by atoms with Crippen LogP contribution in [0.2, 0.25) is 0 Å². The first-order chi connectivity index (χ1) is 19.7. The predicted octanol–water partition coefficient (Wildman–Crippen LogP) is 5.23. The van der Waals surface area contributed by atoms with Crippen molar-refractivity contribution >= 4 is 28.5 Å². The average molecular weight is 606 g/mol. The highest BCUT2D eigenvalue weighted by Crippen LogP contribution is 2.32. The largest absolute Gasteiger partial charge is 0.491 e. The van der Waals surface area contributed by atoms with Gasteiger partial charge in [0, 0.05) is 31.0 Å². The van der Waals surface area contributed by atoms with Crippen molar-refractivity contribution in [3.8, 4) is 17.6 Å². The second-order valence-corrected chi connectivity index (χ2v) is 12.3. The van der Waals surface area contributed by atoms with E-state index in [1.165, 1.54) is 35.5 Å². The first-order valence-corrected chi connectivity index (χ1v) is 14.5. The highest BCUT2D eigenvalue weighted by atomic mass is 32.1. The number of thiazole rings is 1. The summed E-state index contributed by atoms with van der Waals surface area (Å²) in [5, 5.41) is 0.633. The zero-order valence-corrected chi connectivity index (χ0v) is 26.4. The topological polar surface area (TPSA) is 99.7 Å². The standard InChI is InChI=1S/C30H40FN3O7S/c1-29(2,3)41-28(36)33(6)16-9-11-20-13-14-22(21(31)19-20)38-17-10-12-23-25(26(35)37-8)32-27(42-23)34(7)24-15-18-39-30(4,5)40-24/h13-14,19,24H,10,12,15-18H2,1-8H3. The van der Waals surface area contributed by atoms with E-state index < -0.39 is 29.3 Å². The molecule has 1 amide bonds. The molecule has 2 aromatic rings. The molecule has 1 atom stereocenters. The minimum absolute atomic E-state index is 0.101. The number of halogens is 1. The zero-order valence-electron chi connectivity index (χ0n) is 25.5. The Morgan fingerprint density at radius 1 is 1.26 bits per heavy atom. The molecule has 1 aliphatic rings. The number of benzene rings is 1. The van der Waals surface area contributed by atoms with E-state index in [9.17, 15) is 14.0 Å². The van der Waals surface area contributed by atoms with Gasteiger partial charge in [-0.2, -0.15) is 0 Å². The van der Waals surface area contributed by atoms with Crippen molar-refractivity contribution in [2.24, 2.45) is 0 Å². The summed E-state index contributed by atoms with van der Waals surface area (Å²) in [6.07, 6.45) is 0.947. The second kappa shape index (κ2) is 14.2. The zero-order chi connectivity index (χ0) is 31.1. The van der Waals surface area contributed by atoms with Crippen molar-refractivity contribution in [1.82, 2.24) is 9.88 Å². The lowest BCUT2D eigenvalue weighted by Gasteiger charge is -2.39. The molecule has 1 saturated heterocycles. The molecule has 10 nitrogen and oxygen atoms in total. The summed E-state index contributed by atoms with van der Waals surface area (Å²) >= 11 is 1.39. The van der Waals surface area contributed by atoms with Gasteiger partial charge < -0.3 is 33.5 Å². The maximum atomic E-state index is 14.7. The lowest BCUT2D eigenvalue weighted by atomic mass is 10.2. The number of methoxy groups -OCH3 is 1. The molecule has 1 aromatic heterocycles. The van der Waals surface area contributed by atoms with Gasteiger partial charge in [0.2, 0.25) is 0 Å². The molecule has 0 saturated carbocycles. The molecule has 2 heterocycles. The summed E-state index contributed by atoms with van der Waals surface area (Å²) in [4.78, 5) is 33.0. The van der Waals surface area contributed by atoms with Crippen LogP contribution in [0.5, 0.6) is 5.75 Å². The van der Waals surface area contributed by atoms with Gasteiger partial charge in [0.1, 0.15) is 11.8 Å². The van der Waals surface area contributed by atoms with Crippen molar-refractivity contribution in [1.29, 1.82) is 0 Å². The van der Waals surface area contributed by atoms with Crippen LogP contribution in [0.15, 0.2) is 18.2 Å². The van der Waals surface area contributed by atoms with Gasteiger partial charge in [0.05, 0.1) is 26.9 Å². The van der Waals surface area contributed by atoms with Crippen LogP contribution < -0.4 is 9.64 Å². The fourth-order valence-corrected chi connectivity index (χ4v) is 5.00. The molecular weight excluding hydrogens is 565 g/mol. The van der Waals surface area contributed by atoms with Crippen molar-refractivity contribution < 1.29 is 37.7 Å². The van der Waals surface area contributed by atoms with Crippen molar-refractivity contribution in [2.75, 3.05) is 45.9 Å². The number of aryl methyl sites for hydroxylation is 1. The lowest BCUT2D eigenvalue weighted by molar-refractivity contribution is -0.272. The third-order valence-electron chi connectivity index (χ3n) is 6.02. The van der Waals surface area contributed by atoms with Gasteiger partial charge in [-0.1, -0.05) is 11.8 Å². The number of amides is 1. The van der Waals surface area contributed by atoms with Crippen LogP contribution in [0.25, 0.3) is 0 Å². The molecule has 1 aromatic carbocycles. The van der Waals surface area contributed by atoms with Crippen LogP contribution in [0.3, 0.4) is 0 Å². The van der Waals surface area contributed by atoms with E-state index in [1.807, 2.05) is 25.8 Å². The SMILES string of the molecule is COC(=O)c1nc(N(C)C2CCOC(C)(C)O2)sc1CCCOc1ccc(C#CCN(C)C(=O)OC(C)(C)C)cc1F. The van der Waals surface area contributed by atoms with E-state index in [1.54, 1.807) is 33.9 Å². The summed E-state index contributed by atoms with van der Waals surface area (Å²) in [5.74, 6) is 4.02. The number of rotatable bonds is 9. The molecule has 1 fully saturated rings. The second-order valence-electron chi connectivity index (χ2n) is 11.2. The summed E-state index contributed by atoms with van der Waals surface area (Å²) in [6.45, 7) is 10.00. The highest BCUT2D eigenvalue weighted by Gasteiger charge is 2.33. The Labute approximate surface area is 251 Å². The van der Waals surface area contributed by atoms with Crippen LogP contribution in [0.1, 0.15) is 68.4 Å². The molecule has 3 rings (SSSR count). The van der Waals surface area contributed by atoms with Crippen molar-refractivity contribution in [3.05, 3.63) is 40.2 Å². The van der Waals surface area contributed by atoms with Crippen LogP contribution in [0.4, 0.5) is 14.3 Å². The number of nitrogens with zero attached hydrogens (tertiary/aromatic N) is 3. The van der Waals surface area contributed by atoms with Crippen LogP contribution in [0, 0.1) is 17.7 Å². The third kappa shape index (κ3) is 9.58. The monoisotopic (exact) mass is 605 g/mol. The van der Waals surface area contributed by atoms with Crippen molar-refractivity contribution in [2.45, 2.75) is 71.5 Å². The molecule has 1 unspecified atom stereocenters. The summed E-state index contributed by atoms with van der Waals surface area (Å²) in [6, 6.07) is 4.46. The van der Waals surface area contributed by atoms with Gasteiger partial charge in [-0.3, -0.25) is 0 Å². The number of hydrogen-bond acceptors (Lipinski definition) is 10. The number of carbonyl (C=O) groups excluding carboxylic acids is 2. The number of carbonyl (C=O) groups is 2. The molecule has 1 aliphatic heterocycles. The first-order valence-electron chi connectivity index (χ1n) is 13.7. The molecule has 0 N–H and O–H groups in total. The third-order valence-corrected chi connectivity index (χ3v) is 7.23. The van der Waals surface area contributed by atoms with Crippen LogP contribution in [-0.2, 0) is 25.4 Å². The van der Waals surface area contributed by atoms with E-state index in [0.29, 0.717) is 36.6 Å². The predicted molar refractivity (Wildman–Crippen MR) is 157 cm³/mol. The van der Waals surface area contributed by atoms with Gasteiger partial charge in [0.15, 0.2) is 28.2 Å². The normalized spacial score (nSPS) is 16.2. The Morgan fingerprint density at radius 2 is 2.00 bits per heavy atom. The first kappa shape index (κ1) is 33.1. The van der Waals surface area contributed by atoms with Crippen LogP contribution >= 0.6 is 11.3 Å². The quantitative estimate of drug-likeness (QED) is 0.216. The van der Waals surface area contributed by atoms with Gasteiger partial charge in [-0.05, 0) is 65.7 Å². The Kier molecular flexibility index (Phi) is 11.2. The minimum atomic E-state index is -0.710. The maximum Gasteiger partial charge on any atom is 0.410 e. The lowest BCUT2D eigenvalue weighted by Crippen LogP contribution is -2.47. The van der Waals surface area contributed by atoms with E-state index in [0.717, 1.165) is 4.88 Å². The Balaban J connectivity index is 1.56. The number of hydrogen-bond donors (Lipinski definition) is 0. The number of ether oxygens (including phenoxy) is 5. The molecule has 42 heavy (non-hydrogen) atoms. The summed E-state index contributed by atoms with van der Waals surface area (Å²) in [5.41, 5.74) is 0.111. The number of anilines is 1. The molecule has 0 radical (unpaired) electrons. The van der Waals surface area contributed by atoms with Gasteiger partial charge in [-0.15, -0.1) is 11.3 Å². The minimum Gasteiger partial charge on any atom is -0.491 e. The van der Waals surface area contributed by atoms with E-state index in [-0.39, 0.29) is 30.8 Å². The summed E-state index contributed by atoms with van der Waals surface area (Å²) in [7, 11) is 4.77. The maximum absolute atomic E-state index is 14.7. The van der Waals surface area contributed by atoms with E-state index in [4.69, 9.17) is 23.7 Å². The fourth-order valence-electron chi connectivity index (χ4n) is 3.91. The Morgan fingerprint density at radius 3 is 2.64 bits per heavy atom. The fraction of sp³-hybridized carbons (Fsp3) is 0.567. The smallest absolute Gasteiger partial charge is 0.410 e. The molecule has 0 bridgehead atoms. The Hall–Kier alpha value is -3.40. The van der Waals surface area contributed by atoms with Gasteiger partial charge >= 0.3 is 12.1 Å². The molecule has 0 aliphatic carbocycles. The van der Waals surface area contributed by atoms with E-state index >= 15 is 0 Å². The van der Waals surface area contributed by atoms with Crippen molar-refractivity contribution in [3.63, 3.8) is 0 Å². The Bertz CT molecular complexity index is 1310. The van der Waals surface area contributed by atoms with Gasteiger partial charge in [-0.25, -0.2) is 19.0 Å². The highest BCUT2D eigenvalue weighted by molar-refractivity contribution is 7.15. The van der Waals surface area contributed by atoms with Gasteiger partial charge in [0.25, 0.3) is 0 Å². The van der Waals surface area contributed by atoms with E-state index in [2.05, 4.69) is 16.8 Å². The number of aromatic nitrogens is 1.